The lowest BCUT2D eigenvalue weighted by molar-refractivity contribution is -0.140. The number of likely N-dealkylation sites (N-methyl/N-ethyl adjacent to an activating group) is 1. The number of carbonyl (C=O) groups excluding carboxylic acids is 3. The molecule has 0 spiro atoms. The Balaban J connectivity index is 1.71. The Hall–Kier alpha value is -1.93. The van der Waals surface area contributed by atoms with Crippen LogP contribution in [0.25, 0.3) is 0 Å². The number of likely N-dealkylation sites (tertiary alicyclic amines) is 3. The third-order valence-electron chi connectivity index (χ3n) is 9.28. The van der Waals surface area contributed by atoms with Crippen LogP contribution in [0.15, 0.2) is 11.6 Å². The highest BCUT2D eigenvalue weighted by molar-refractivity contribution is 5.94. The zero-order valence-corrected chi connectivity index (χ0v) is 26.6. The normalized spacial score (nSPS) is 24.7. The van der Waals surface area contributed by atoms with Crippen LogP contribution in [-0.4, -0.2) is 107 Å². The molecule has 0 aromatic carbocycles. The summed E-state index contributed by atoms with van der Waals surface area (Å²) in [5.74, 6) is 0.0147. The summed E-state index contributed by atoms with van der Waals surface area (Å²) < 4.78 is 0. The van der Waals surface area contributed by atoms with Crippen molar-refractivity contribution < 1.29 is 14.4 Å². The molecule has 0 radical (unpaired) electrons. The molecule has 0 aromatic heterocycles. The average Bonchev–Trinajstić information content (AvgIpc) is 3.61. The molecule has 0 aliphatic carbocycles. The number of nitrogens with zero attached hydrogens (tertiary/aromatic N) is 4. The molecule has 0 saturated carbocycles. The zero-order valence-electron chi connectivity index (χ0n) is 26.6. The molecular formula is C32H57N5O3. The number of carbonyl (C=O) groups is 3. The Morgan fingerprint density at radius 1 is 0.875 bits per heavy atom. The van der Waals surface area contributed by atoms with Crippen LogP contribution in [-0.2, 0) is 14.4 Å². The van der Waals surface area contributed by atoms with E-state index in [1.165, 1.54) is 12.8 Å². The maximum atomic E-state index is 13.9. The Bertz CT molecular complexity index is 895. The number of amides is 3. The second kappa shape index (κ2) is 14.8. The summed E-state index contributed by atoms with van der Waals surface area (Å²) in [5.41, 5.74) is 0.701. The van der Waals surface area contributed by atoms with Crippen molar-refractivity contribution in [1.82, 2.24) is 24.9 Å². The number of hydrogen-bond acceptors (Lipinski definition) is 5. The lowest BCUT2D eigenvalue weighted by atomic mass is 9.95. The van der Waals surface area contributed by atoms with Gasteiger partial charge in [-0.1, -0.05) is 40.2 Å². The third-order valence-corrected chi connectivity index (χ3v) is 9.28. The molecule has 0 unspecified atom stereocenters. The Morgan fingerprint density at radius 2 is 1.52 bits per heavy atom. The van der Waals surface area contributed by atoms with E-state index in [0.717, 1.165) is 64.8 Å². The molecular weight excluding hydrogens is 502 g/mol. The Kier molecular flexibility index (Phi) is 12.1. The smallest absolute Gasteiger partial charge is 0.249 e. The molecule has 3 aliphatic heterocycles. The largest absolute Gasteiger partial charge is 0.343 e. The van der Waals surface area contributed by atoms with Gasteiger partial charge in [0, 0.05) is 37.8 Å². The average molecular weight is 560 g/mol. The lowest BCUT2D eigenvalue weighted by Crippen LogP contribution is -2.58. The summed E-state index contributed by atoms with van der Waals surface area (Å²) in [6.07, 6.45) is 9.57. The van der Waals surface area contributed by atoms with Crippen LogP contribution in [0.1, 0.15) is 93.4 Å². The molecule has 3 heterocycles. The number of rotatable bonds is 11. The summed E-state index contributed by atoms with van der Waals surface area (Å²) in [4.78, 5) is 49.5. The fraction of sp³-hybridized carbons (Fsp3) is 0.844. The second-order valence-electron chi connectivity index (χ2n) is 13.4. The lowest BCUT2D eigenvalue weighted by Gasteiger charge is -2.39. The van der Waals surface area contributed by atoms with Gasteiger partial charge in [0.2, 0.25) is 17.7 Å². The van der Waals surface area contributed by atoms with Crippen molar-refractivity contribution in [2.75, 3.05) is 39.8 Å². The first kappa shape index (κ1) is 32.6. The minimum absolute atomic E-state index is 0.0464. The summed E-state index contributed by atoms with van der Waals surface area (Å²) in [6.45, 7) is 19.3. The topological polar surface area (TPSA) is 76.2 Å². The molecule has 228 valence electrons. The van der Waals surface area contributed by atoms with Crippen LogP contribution in [0.3, 0.4) is 0 Å². The van der Waals surface area contributed by atoms with E-state index in [0.29, 0.717) is 5.57 Å². The van der Waals surface area contributed by atoms with E-state index >= 15 is 0 Å². The predicted molar refractivity (Wildman–Crippen MR) is 162 cm³/mol. The molecule has 3 aliphatic rings. The van der Waals surface area contributed by atoms with Crippen LogP contribution in [0, 0.1) is 11.8 Å². The second-order valence-corrected chi connectivity index (χ2v) is 13.4. The molecule has 4 atom stereocenters. The number of piperidine rings is 1. The van der Waals surface area contributed by atoms with Gasteiger partial charge in [-0.3, -0.25) is 19.3 Å². The summed E-state index contributed by atoms with van der Waals surface area (Å²) in [6, 6.07) is -0.480. The molecule has 3 saturated heterocycles. The molecule has 3 rings (SSSR count). The van der Waals surface area contributed by atoms with Gasteiger partial charge in [-0.15, -0.1) is 0 Å². The Labute approximate surface area is 243 Å². The van der Waals surface area contributed by atoms with Crippen molar-refractivity contribution in [1.29, 1.82) is 0 Å². The van der Waals surface area contributed by atoms with Gasteiger partial charge in [-0.25, -0.2) is 0 Å². The fourth-order valence-electron chi connectivity index (χ4n) is 6.84. The van der Waals surface area contributed by atoms with Crippen LogP contribution in [0.4, 0.5) is 0 Å². The molecule has 8 nitrogen and oxygen atoms in total. The van der Waals surface area contributed by atoms with Crippen molar-refractivity contribution in [3.63, 3.8) is 0 Å². The number of nitrogens with one attached hydrogen (secondary N) is 1. The molecule has 0 aromatic rings. The van der Waals surface area contributed by atoms with E-state index in [4.69, 9.17) is 0 Å². The van der Waals surface area contributed by atoms with Crippen molar-refractivity contribution in [3.8, 4) is 0 Å². The zero-order chi connectivity index (χ0) is 29.6. The first-order valence-corrected chi connectivity index (χ1v) is 16.0. The standard InChI is InChI=1S/C32H57N5O3/c1-22(2)28(20-25(7)31(39)37-19-13-14-26(37)21-35-16-11-12-17-35)34(8)32(40)29(23(3)4)33-30(38)27-15-9-10-18-36(27)24(5)6/h20,22-24,26-29H,9-19,21H2,1-8H3,(H,33,38)/b25-20+/t26-,27+,28+,29-/m0/s1. The summed E-state index contributed by atoms with van der Waals surface area (Å²) in [7, 11) is 1.82. The van der Waals surface area contributed by atoms with Gasteiger partial charge >= 0.3 is 0 Å². The van der Waals surface area contributed by atoms with Crippen molar-refractivity contribution in [3.05, 3.63) is 11.6 Å². The maximum Gasteiger partial charge on any atom is 0.249 e. The van der Waals surface area contributed by atoms with Crippen molar-refractivity contribution in [2.24, 2.45) is 11.8 Å². The minimum Gasteiger partial charge on any atom is -0.343 e. The third kappa shape index (κ3) is 8.09. The molecule has 1 N–H and O–H groups in total. The van der Waals surface area contributed by atoms with Crippen molar-refractivity contribution in [2.45, 2.75) is 124 Å². The highest BCUT2D eigenvalue weighted by Crippen LogP contribution is 2.24. The first-order chi connectivity index (χ1) is 18.9. The Morgan fingerprint density at radius 3 is 2.12 bits per heavy atom. The van der Waals surface area contributed by atoms with Gasteiger partial charge in [-0.05, 0) is 90.8 Å². The highest BCUT2D eigenvalue weighted by Gasteiger charge is 2.37. The van der Waals surface area contributed by atoms with E-state index < -0.39 is 6.04 Å². The molecule has 3 amide bonds. The van der Waals surface area contributed by atoms with Gasteiger partial charge < -0.3 is 20.0 Å². The molecule has 3 fully saturated rings. The van der Waals surface area contributed by atoms with Gasteiger partial charge in [0.25, 0.3) is 0 Å². The maximum absolute atomic E-state index is 13.9. The quantitative estimate of drug-likeness (QED) is 0.389. The van der Waals surface area contributed by atoms with Gasteiger partial charge in [0.05, 0.1) is 12.1 Å². The predicted octanol–water partition coefficient (Wildman–Crippen LogP) is 3.91. The van der Waals surface area contributed by atoms with E-state index in [1.807, 2.05) is 33.9 Å². The monoisotopic (exact) mass is 559 g/mol. The van der Waals surface area contributed by atoms with Crippen LogP contribution in [0.2, 0.25) is 0 Å². The molecule has 8 heteroatoms. The first-order valence-electron chi connectivity index (χ1n) is 16.0. The van der Waals surface area contributed by atoms with Crippen LogP contribution < -0.4 is 5.32 Å². The number of hydrogen-bond donors (Lipinski definition) is 1. The van der Waals surface area contributed by atoms with Gasteiger partial charge in [-0.2, -0.15) is 0 Å². The van der Waals surface area contributed by atoms with Crippen LogP contribution >= 0.6 is 0 Å². The molecule has 40 heavy (non-hydrogen) atoms. The SMILES string of the molecule is C/C(=C\[C@H](C(C)C)N(C)C(=O)[C@@H](NC(=O)[C@H]1CCCCN1C(C)C)C(C)C)C(=O)N1CCC[C@H]1CN1CCCC1. The van der Waals surface area contributed by atoms with E-state index in [-0.39, 0.29) is 53.7 Å². The summed E-state index contributed by atoms with van der Waals surface area (Å²) in [5, 5.41) is 3.13. The highest BCUT2D eigenvalue weighted by atomic mass is 16.2. The van der Waals surface area contributed by atoms with Crippen molar-refractivity contribution >= 4 is 17.7 Å². The van der Waals surface area contributed by atoms with Gasteiger partial charge in [0.15, 0.2) is 0 Å². The van der Waals surface area contributed by atoms with E-state index in [2.05, 4.69) is 47.7 Å². The van der Waals surface area contributed by atoms with Gasteiger partial charge in [0.1, 0.15) is 6.04 Å². The minimum atomic E-state index is -0.609. The molecule has 0 bridgehead atoms. The van der Waals surface area contributed by atoms with Crippen LogP contribution in [0.5, 0.6) is 0 Å². The fourth-order valence-corrected chi connectivity index (χ4v) is 6.84. The van der Waals surface area contributed by atoms with E-state index in [1.54, 1.807) is 4.90 Å². The summed E-state index contributed by atoms with van der Waals surface area (Å²) >= 11 is 0. The van der Waals surface area contributed by atoms with E-state index in [9.17, 15) is 14.4 Å².